The predicted octanol–water partition coefficient (Wildman–Crippen LogP) is 2.25. The monoisotopic (exact) mass is 224 g/mol. The van der Waals surface area contributed by atoms with Crippen LogP contribution in [0.15, 0.2) is 16.7 Å². The van der Waals surface area contributed by atoms with Crippen molar-refractivity contribution in [2.45, 2.75) is 26.4 Å². The van der Waals surface area contributed by atoms with E-state index in [9.17, 15) is 4.79 Å². The second-order valence-corrected chi connectivity index (χ2v) is 4.86. The van der Waals surface area contributed by atoms with Crippen LogP contribution in [0.4, 0.5) is 0 Å². The Kier molecular flexibility index (Phi) is 2.54. The van der Waals surface area contributed by atoms with E-state index in [4.69, 9.17) is 14.3 Å². The third kappa shape index (κ3) is 1.53. The molecule has 1 saturated carbocycles. The van der Waals surface area contributed by atoms with E-state index in [-0.39, 0.29) is 17.3 Å². The number of carboxylic acids is 1. The summed E-state index contributed by atoms with van der Waals surface area (Å²) in [5, 5.41) is 9.11. The lowest BCUT2D eigenvalue weighted by atomic mass is 10.1. The number of hydrogen-bond donors (Lipinski definition) is 1. The number of rotatable bonds is 4. The standard InChI is InChI=1S/C12H16O4/c1-12(2)8(9(12)11(13)14)10-7(6-15-3)4-5-16-10/h4-5,8-9H,6H2,1-3H3,(H,13,14)/t8-,9-/m1/s1. The fraction of sp³-hybridized carbons (Fsp3) is 0.583. The summed E-state index contributed by atoms with van der Waals surface area (Å²) in [7, 11) is 1.61. The first-order chi connectivity index (χ1) is 7.50. The van der Waals surface area contributed by atoms with E-state index in [1.165, 1.54) is 0 Å². The zero-order chi connectivity index (χ0) is 11.9. The van der Waals surface area contributed by atoms with Crippen LogP contribution in [0.5, 0.6) is 0 Å². The molecular weight excluding hydrogens is 208 g/mol. The smallest absolute Gasteiger partial charge is 0.307 e. The van der Waals surface area contributed by atoms with Gasteiger partial charge in [-0.2, -0.15) is 0 Å². The van der Waals surface area contributed by atoms with E-state index in [2.05, 4.69) is 0 Å². The van der Waals surface area contributed by atoms with Gasteiger partial charge in [-0.25, -0.2) is 0 Å². The Balaban J connectivity index is 2.26. The molecule has 4 heteroatoms. The molecule has 1 aromatic rings. The Morgan fingerprint density at radius 1 is 1.62 bits per heavy atom. The zero-order valence-corrected chi connectivity index (χ0v) is 9.69. The SMILES string of the molecule is COCc1ccoc1[C@H]1[C@H](C(=O)O)C1(C)C. The molecule has 0 spiro atoms. The molecule has 0 saturated heterocycles. The first-order valence-corrected chi connectivity index (χ1v) is 5.28. The van der Waals surface area contributed by atoms with Crippen LogP contribution >= 0.6 is 0 Å². The highest BCUT2D eigenvalue weighted by Crippen LogP contribution is 2.65. The van der Waals surface area contributed by atoms with Gasteiger partial charge >= 0.3 is 5.97 Å². The molecule has 1 aliphatic rings. The van der Waals surface area contributed by atoms with E-state index in [0.29, 0.717) is 6.61 Å². The molecule has 0 radical (unpaired) electrons. The minimum atomic E-state index is -0.755. The fourth-order valence-corrected chi connectivity index (χ4v) is 2.48. The minimum absolute atomic E-state index is 0.0369. The van der Waals surface area contributed by atoms with Gasteiger partial charge in [0.15, 0.2) is 0 Å². The molecule has 0 bridgehead atoms. The number of methoxy groups -OCH3 is 1. The fourth-order valence-electron chi connectivity index (χ4n) is 2.48. The van der Waals surface area contributed by atoms with Crippen LogP contribution in [0.25, 0.3) is 0 Å². The van der Waals surface area contributed by atoms with Crippen molar-refractivity contribution in [2.75, 3.05) is 7.11 Å². The number of carboxylic acid groups (broad SMARTS) is 1. The van der Waals surface area contributed by atoms with Crippen molar-refractivity contribution in [1.29, 1.82) is 0 Å². The van der Waals surface area contributed by atoms with Gasteiger partial charge < -0.3 is 14.3 Å². The Hall–Kier alpha value is -1.29. The van der Waals surface area contributed by atoms with Gasteiger partial charge in [-0.1, -0.05) is 13.8 Å². The first kappa shape index (κ1) is 11.2. The number of carbonyl (C=O) groups is 1. The van der Waals surface area contributed by atoms with Crippen molar-refractivity contribution in [3.8, 4) is 0 Å². The Morgan fingerprint density at radius 2 is 2.31 bits per heavy atom. The molecule has 2 rings (SSSR count). The van der Waals surface area contributed by atoms with Gasteiger partial charge in [0.05, 0.1) is 18.8 Å². The molecule has 16 heavy (non-hydrogen) atoms. The van der Waals surface area contributed by atoms with Crippen molar-refractivity contribution < 1.29 is 19.1 Å². The third-order valence-electron chi connectivity index (χ3n) is 3.46. The van der Waals surface area contributed by atoms with Crippen LogP contribution in [-0.4, -0.2) is 18.2 Å². The number of ether oxygens (including phenoxy) is 1. The van der Waals surface area contributed by atoms with Gasteiger partial charge in [0.2, 0.25) is 0 Å². The molecule has 1 aromatic heterocycles. The minimum Gasteiger partial charge on any atom is -0.481 e. The highest BCUT2D eigenvalue weighted by atomic mass is 16.5. The summed E-state index contributed by atoms with van der Waals surface area (Å²) in [6.07, 6.45) is 1.59. The Bertz CT molecular complexity index is 405. The van der Waals surface area contributed by atoms with Gasteiger partial charge in [0.1, 0.15) is 5.76 Å². The largest absolute Gasteiger partial charge is 0.481 e. The number of furan rings is 1. The van der Waals surface area contributed by atoms with Crippen molar-refractivity contribution in [3.63, 3.8) is 0 Å². The normalized spacial score (nSPS) is 26.7. The van der Waals surface area contributed by atoms with E-state index in [1.54, 1.807) is 13.4 Å². The van der Waals surface area contributed by atoms with Crippen molar-refractivity contribution in [1.82, 2.24) is 0 Å². The average molecular weight is 224 g/mol. The highest BCUT2D eigenvalue weighted by Gasteiger charge is 2.64. The van der Waals surface area contributed by atoms with E-state index in [0.717, 1.165) is 11.3 Å². The summed E-state index contributed by atoms with van der Waals surface area (Å²) in [4.78, 5) is 11.1. The molecule has 88 valence electrons. The molecule has 0 amide bonds. The molecule has 0 aromatic carbocycles. The van der Waals surface area contributed by atoms with Crippen LogP contribution in [-0.2, 0) is 16.1 Å². The van der Waals surface area contributed by atoms with Gasteiger partial charge in [0, 0.05) is 18.6 Å². The molecule has 1 heterocycles. The Labute approximate surface area is 94.2 Å². The van der Waals surface area contributed by atoms with Crippen LogP contribution in [0.3, 0.4) is 0 Å². The van der Waals surface area contributed by atoms with Crippen molar-refractivity contribution in [3.05, 3.63) is 23.7 Å². The molecule has 0 unspecified atom stereocenters. The molecule has 2 atom stereocenters. The molecule has 1 aliphatic carbocycles. The first-order valence-electron chi connectivity index (χ1n) is 5.28. The lowest BCUT2D eigenvalue weighted by Gasteiger charge is -2.02. The molecule has 0 aliphatic heterocycles. The zero-order valence-electron chi connectivity index (χ0n) is 9.69. The van der Waals surface area contributed by atoms with Crippen molar-refractivity contribution >= 4 is 5.97 Å². The number of aliphatic carboxylic acids is 1. The maximum absolute atomic E-state index is 11.1. The van der Waals surface area contributed by atoms with Crippen LogP contribution in [0, 0.1) is 11.3 Å². The summed E-state index contributed by atoms with van der Waals surface area (Å²) in [6.45, 7) is 4.37. The quantitative estimate of drug-likeness (QED) is 0.852. The third-order valence-corrected chi connectivity index (χ3v) is 3.46. The lowest BCUT2D eigenvalue weighted by Crippen LogP contribution is -2.03. The van der Waals surface area contributed by atoms with Gasteiger partial charge in [-0.05, 0) is 11.5 Å². The van der Waals surface area contributed by atoms with Gasteiger partial charge in [-0.15, -0.1) is 0 Å². The van der Waals surface area contributed by atoms with Crippen LogP contribution in [0.2, 0.25) is 0 Å². The van der Waals surface area contributed by atoms with E-state index < -0.39 is 5.97 Å². The summed E-state index contributed by atoms with van der Waals surface area (Å²) in [5.41, 5.74) is 0.718. The summed E-state index contributed by atoms with van der Waals surface area (Å²) >= 11 is 0. The molecule has 1 N–H and O–H groups in total. The number of hydrogen-bond acceptors (Lipinski definition) is 3. The second-order valence-electron chi connectivity index (χ2n) is 4.86. The maximum Gasteiger partial charge on any atom is 0.307 e. The summed E-state index contributed by atoms with van der Waals surface area (Å²) < 4.78 is 10.5. The molecular formula is C12H16O4. The predicted molar refractivity (Wildman–Crippen MR) is 57.1 cm³/mol. The van der Waals surface area contributed by atoms with Crippen LogP contribution in [0.1, 0.15) is 31.1 Å². The van der Waals surface area contributed by atoms with Gasteiger partial charge in [0.25, 0.3) is 0 Å². The van der Waals surface area contributed by atoms with Crippen molar-refractivity contribution in [2.24, 2.45) is 11.3 Å². The average Bonchev–Trinajstić information content (AvgIpc) is 2.57. The highest BCUT2D eigenvalue weighted by molar-refractivity contribution is 5.77. The molecule has 1 fully saturated rings. The van der Waals surface area contributed by atoms with E-state index >= 15 is 0 Å². The summed E-state index contributed by atoms with van der Waals surface area (Å²) in [5.74, 6) is -0.381. The van der Waals surface area contributed by atoms with Gasteiger partial charge in [-0.3, -0.25) is 4.79 Å². The maximum atomic E-state index is 11.1. The summed E-state index contributed by atoms with van der Waals surface area (Å²) in [6, 6.07) is 1.84. The topological polar surface area (TPSA) is 59.7 Å². The van der Waals surface area contributed by atoms with Crippen LogP contribution < -0.4 is 0 Å². The second kappa shape index (κ2) is 3.63. The lowest BCUT2D eigenvalue weighted by molar-refractivity contribution is -0.139. The van der Waals surface area contributed by atoms with E-state index in [1.807, 2.05) is 19.9 Å². The molecule has 4 nitrogen and oxygen atoms in total. The Morgan fingerprint density at radius 3 is 2.81 bits per heavy atom.